The van der Waals surface area contributed by atoms with Crippen molar-refractivity contribution in [3.63, 3.8) is 0 Å². The third-order valence-electron chi connectivity index (χ3n) is 3.05. The van der Waals surface area contributed by atoms with Crippen molar-refractivity contribution >= 4 is 0 Å². The Morgan fingerprint density at radius 1 is 1.21 bits per heavy atom. The largest absolute Gasteiger partial charge is 0.316 e. The highest BCUT2D eigenvalue weighted by Gasteiger charge is 2.69. The van der Waals surface area contributed by atoms with Crippen LogP contribution in [0.5, 0.6) is 0 Å². The van der Waals surface area contributed by atoms with Crippen molar-refractivity contribution in [2.24, 2.45) is 5.73 Å². The molecule has 14 heavy (non-hydrogen) atoms. The summed E-state index contributed by atoms with van der Waals surface area (Å²) < 4.78 is 25.9. The lowest BCUT2D eigenvalue weighted by atomic mass is 10.00. The van der Waals surface area contributed by atoms with Crippen LogP contribution in [0.25, 0.3) is 0 Å². The summed E-state index contributed by atoms with van der Waals surface area (Å²) in [5.74, 6) is -2.73. The number of alkyl halides is 2. The number of hydrogen-bond donors (Lipinski definition) is 1. The molecule has 3 heteroatoms. The normalized spacial score (nSPS) is 28.9. The Kier molecular flexibility index (Phi) is 1.74. The molecule has 0 spiro atoms. The van der Waals surface area contributed by atoms with Gasteiger partial charge in [0.25, 0.3) is 5.92 Å². The van der Waals surface area contributed by atoms with Gasteiger partial charge in [-0.1, -0.05) is 18.2 Å². The van der Waals surface area contributed by atoms with E-state index in [1.807, 2.05) is 19.9 Å². The molecule has 1 aromatic carbocycles. The number of nitrogens with two attached hydrogens (primary N) is 1. The maximum Gasteiger partial charge on any atom is 0.272 e. The lowest BCUT2D eigenvalue weighted by Crippen LogP contribution is -2.27. The Balaban J connectivity index is 2.40. The molecule has 0 aliphatic heterocycles. The van der Waals surface area contributed by atoms with Crippen molar-refractivity contribution in [3.05, 3.63) is 34.9 Å². The Labute approximate surface area is 81.9 Å². The molecule has 1 fully saturated rings. The van der Waals surface area contributed by atoms with Crippen LogP contribution >= 0.6 is 0 Å². The van der Waals surface area contributed by atoms with Gasteiger partial charge in [-0.25, -0.2) is 8.78 Å². The van der Waals surface area contributed by atoms with Crippen LogP contribution in [-0.4, -0.2) is 5.92 Å². The first-order chi connectivity index (χ1) is 6.37. The first-order valence-electron chi connectivity index (χ1n) is 4.61. The number of rotatable bonds is 1. The van der Waals surface area contributed by atoms with Crippen LogP contribution in [0, 0.1) is 13.8 Å². The van der Waals surface area contributed by atoms with Gasteiger partial charge in [0.2, 0.25) is 0 Å². The van der Waals surface area contributed by atoms with Crippen molar-refractivity contribution in [3.8, 4) is 0 Å². The maximum atomic E-state index is 13.0. The van der Waals surface area contributed by atoms with Crippen LogP contribution in [0.2, 0.25) is 0 Å². The summed E-state index contributed by atoms with van der Waals surface area (Å²) in [6.07, 6.45) is -0.234. The van der Waals surface area contributed by atoms with E-state index in [0.29, 0.717) is 5.56 Å². The third kappa shape index (κ3) is 1.16. The maximum absolute atomic E-state index is 13.0. The molecule has 0 saturated heterocycles. The van der Waals surface area contributed by atoms with Crippen LogP contribution in [0.1, 0.15) is 23.1 Å². The fourth-order valence-corrected chi connectivity index (χ4v) is 1.64. The van der Waals surface area contributed by atoms with Crippen molar-refractivity contribution in [2.75, 3.05) is 0 Å². The van der Waals surface area contributed by atoms with Gasteiger partial charge in [0, 0.05) is 6.42 Å². The summed E-state index contributed by atoms with van der Waals surface area (Å²) in [4.78, 5) is 0. The molecule has 1 aliphatic carbocycles. The van der Waals surface area contributed by atoms with Gasteiger partial charge in [0.05, 0.1) is 0 Å². The Morgan fingerprint density at radius 2 is 1.79 bits per heavy atom. The first-order valence-corrected chi connectivity index (χ1v) is 4.61. The zero-order valence-electron chi connectivity index (χ0n) is 8.27. The predicted molar refractivity (Wildman–Crippen MR) is 51.3 cm³/mol. The molecule has 0 aromatic heterocycles. The third-order valence-corrected chi connectivity index (χ3v) is 3.05. The first kappa shape index (κ1) is 9.59. The lowest BCUT2D eigenvalue weighted by Gasteiger charge is -2.12. The van der Waals surface area contributed by atoms with Crippen LogP contribution < -0.4 is 5.73 Å². The SMILES string of the molecule is Cc1ccc(C2(N)CC2(F)F)cc1C. The number of halogens is 2. The summed E-state index contributed by atoms with van der Waals surface area (Å²) >= 11 is 0. The zero-order valence-corrected chi connectivity index (χ0v) is 8.27. The standard InChI is InChI=1S/C11H13F2N/c1-7-3-4-9(5-8(7)2)10(14)6-11(10,12)13/h3-5H,6,14H2,1-2H3. The van der Waals surface area contributed by atoms with Gasteiger partial charge in [-0.05, 0) is 30.5 Å². The number of benzene rings is 1. The minimum Gasteiger partial charge on any atom is -0.316 e. The molecular weight excluding hydrogens is 184 g/mol. The van der Waals surface area contributed by atoms with Crippen LogP contribution in [0.15, 0.2) is 18.2 Å². The molecular formula is C11H13F2N. The average Bonchev–Trinajstić information content (AvgIpc) is 2.58. The quantitative estimate of drug-likeness (QED) is 0.735. The molecule has 2 rings (SSSR count). The molecule has 1 saturated carbocycles. The summed E-state index contributed by atoms with van der Waals surface area (Å²) in [6.45, 7) is 3.86. The van der Waals surface area contributed by atoms with E-state index in [1.165, 1.54) is 0 Å². The highest BCUT2D eigenvalue weighted by atomic mass is 19.3. The smallest absolute Gasteiger partial charge is 0.272 e. The monoisotopic (exact) mass is 197 g/mol. The molecule has 0 amide bonds. The minimum absolute atomic E-state index is 0.234. The van der Waals surface area contributed by atoms with Crippen LogP contribution in [0.4, 0.5) is 8.78 Å². The molecule has 0 bridgehead atoms. The molecule has 1 aromatic rings. The van der Waals surface area contributed by atoms with E-state index in [-0.39, 0.29) is 6.42 Å². The van der Waals surface area contributed by atoms with Crippen molar-refractivity contribution in [1.82, 2.24) is 0 Å². The second kappa shape index (κ2) is 2.54. The Bertz CT molecular complexity index is 387. The Morgan fingerprint density at radius 3 is 2.21 bits per heavy atom. The predicted octanol–water partition coefficient (Wildman–Crippen LogP) is 2.50. The van der Waals surface area contributed by atoms with Gasteiger partial charge in [-0.15, -0.1) is 0 Å². The summed E-state index contributed by atoms with van der Waals surface area (Å²) in [6, 6.07) is 5.30. The van der Waals surface area contributed by atoms with Crippen molar-refractivity contribution in [2.45, 2.75) is 31.7 Å². The minimum atomic E-state index is -2.73. The number of hydrogen-bond acceptors (Lipinski definition) is 1. The van der Waals surface area contributed by atoms with Crippen LogP contribution in [0.3, 0.4) is 0 Å². The second-order valence-electron chi connectivity index (χ2n) is 4.15. The van der Waals surface area contributed by atoms with Gasteiger partial charge < -0.3 is 5.73 Å². The van der Waals surface area contributed by atoms with Gasteiger partial charge in [-0.2, -0.15) is 0 Å². The second-order valence-corrected chi connectivity index (χ2v) is 4.15. The summed E-state index contributed by atoms with van der Waals surface area (Å²) in [7, 11) is 0. The zero-order chi connectivity index (χ0) is 10.6. The topological polar surface area (TPSA) is 26.0 Å². The fraction of sp³-hybridized carbons (Fsp3) is 0.455. The summed E-state index contributed by atoms with van der Waals surface area (Å²) in [5.41, 5.74) is 6.86. The highest BCUT2D eigenvalue weighted by molar-refractivity contribution is 5.40. The van der Waals surface area contributed by atoms with E-state index in [9.17, 15) is 8.78 Å². The van der Waals surface area contributed by atoms with Crippen molar-refractivity contribution < 1.29 is 8.78 Å². The molecule has 1 atom stereocenters. The Hall–Kier alpha value is -0.960. The van der Waals surface area contributed by atoms with Crippen molar-refractivity contribution in [1.29, 1.82) is 0 Å². The highest BCUT2D eigenvalue weighted by Crippen LogP contribution is 2.57. The molecule has 2 N–H and O–H groups in total. The van der Waals surface area contributed by atoms with Crippen LogP contribution in [-0.2, 0) is 5.54 Å². The summed E-state index contributed by atoms with van der Waals surface area (Å²) in [5, 5.41) is 0. The van der Waals surface area contributed by atoms with Gasteiger partial charge in [-0.3, -0.25) is 0 Å². The van der Waals surface area contributed by atoms with Gasteiger partial charge >= 0.3 is 0 Å². The molecule has 1 aliphatic rings. The average molecular weight is 197 g/mol. The van der Waals surface area contributed by atoms with Gasteiger partial charge in [0.15, 0.2) is 0 Å². The molecule has 1 unspecified atom stereocenters. The van der Waals surface area contributed by atoms with E-state index in [0.717, 1.165) is 11.1 Å². The van der Waals surface area contributed by atoms with E-state index in [1.54, 1.807) is 12.1 Å². The van der Waals surface area contributed by atoms with E-state index < -0.39 is 11.5 Å². The molecule has 1 nitrogen and oxygen atoms in total. The molecule has 76 valence electrons. The number of aryl methyl sites for hydroxylation is 2. The molecule has 0 heterocycles. The molecule has 0 radical (unpaired) electrons. The van der Waals surface area contributed by atoms with E-state index >= 15 is 0 Å². The fourth-order valence-electron chi connectivity index (χ4n) is 1.64. The van der Waals surface area contributed by atoms with Gasteiger partial charge in [0.1, 0.15) is 5.54 Å². The lowest BCUT2D eigenvalue weighted by molar-refractivity contribution is 0.0891. The van der Waals surface area contributed by atoms with E-state index in [4.69, 9.17) is 5.73 Å². The van der Waals surface area contributed by atoms with E-state index in [2.05, 4.69) is 0 Å².